The van der Waals surface area contributed by atoms with Crippen molar-refractivity contribution in [3.63, 3.8) is 0 Å². The van der Waals surface area contributed by atoms with E-state index in [-0.39, 0.29) is 18.1 Å². The molecule has 0 saturated carbocycles. The molecule has 2 aromatic carbocycles. The van der Waals surface area contributed by atoms with E-state index in [1.165, 1.54) is 7.11 Å². The Balaban J connectivity index is 1.76. The third-order valence-corrected chi connectivity index (χ3v) is 6.02. The van der Waals surface area contributed by atoms with Crippen LogP contribution in [0.1, 0.15) is 5.56 Å². The van der Waals surface area contributed by atoms with Crippen LogP contribution in [0.5, 0.6) is 11.5 Å². The molecular formula is C23H22N2O5S2. The van der Waals surface area contributed by atoms with E-state index in [0.717, 1.165) is 21.6 Å². The van der Waals surface area contributed by atoms with Gasteiger partial charge in [-0.15, -0.1) is 11.8 Å². The summed E-state index contributed by atoms with van der Waals surface area (Å²) in [6, 6.07) is 12.6. The van der Waals surface area contributed by atoms with Gasteiger partial charge in [0.15, 0.2) is 11.5 Å². The average Bonchev–Trinajstić information content (AvgIpc) is 3.05. The van der Waals surface area contributed by atoms with Crippen molar-refractivity contribution in [2.45, 2.75) is 4.90 Å². The number of hydrogen-bond donors (Lipinski definition) is 1. The molecule has 1 N–H and O–H groups in total. The summed E-state index contributed by atoms with van der Waals surface area (Å²) in [5.74, 6) is -0.0616. The second-order valence-corrected chi connectivity index (χ2v) is 8.40. The number of rotatable bonds is 9. The molecule has 1 aliphatic rings. The number of carbonyl (C=O) groups is 3. The third-order valence-electron chi connectivity index (χ3n) is 4.39. The van der Waals surface area contributed by atoms with Crippen LogP contribution < -0.4 is 14.8 Å². The number of imide groups is 1. The Bertz CT molecular complexity index is 1080. The van der Waals surface area contributed by atoms with Gasteiger partial charge in [-0.25, -0.2) is 0 Å². The number of hydrogen-bond acceptors (Lipinski definition) is 7. The van der Waals surface area contributed by atoms with E-state index in [1.807, 2.05) is 24.5 Å². The molecule has 2 aromatic rings. The molecule has 7 nitrogen and oxygen atoms in total. The number of nitrogens with one attached hydrogen (secondary N) is 1. The fraction of sp³-hybridized carbons (Fsp3) is 0.174. The molecule has 3 rings (SSSR count). The first-order valence-corrected chi connectivity index (χ1v) is 11.6. The van der Waals surface area contributed by atoms with Crippen LogP contribution in [0.25, 0.3) is 6.08 Å². The Labute approximate surface area is 194 Å². The van der Waals surface area contributed by atoms with E-state index >= 15 is 0 Å². The number of anilines is 1. The lowest BCUT2D eigenvalue weighted by atomic mass is 10.1. The zero-order valence-corrected chi connectivity index (χ0v) is 19.3. The van der Waals surface area contributed by atoms with Crippen molar-refractivity contribution in [1.82, 2.24) is 4.90 Å². The molecule has 0 aliphatic carbocycles. The molecule has 0 unspecified atom stereocenters. The molecule has 0 aromatic heterocycles. The number of benzene rings is 2. The van der Waals surface area contributed by atoms with Crippen LogP contribution in [-0.4, -0.2) is 48.5 Å². The summed E-state index contributed by atoms with van der Waals surface area (Å²) < 4.78 is 11.0. The van der Waals surface area contributed by atoms with E-state index in [1.54, 1.807) is 48.2 Å². The van der Waals surface area contributed by atoms with Crippen LogP contribution in [0.3, 0.4) is 0 Å². The maximum Gasteiger partial charge on any atom is 0.294 e. The van der Waals surface area contributed by atoms with Gasteiger partial charge in [-0.05, 0) is 48.4 Å². The molecule has 1 saturated heterocycles. The molecule has 1 aliphatic heterocycles. The lowest BCUT2D eigenvalue weighted by Gasteiger charge is -2.13. The van der Waals surface area contributed by atoms with Crippen LogP contribution in [0.4, 0.5) is 10.5 Å². The molecule has 0 bridgehead atoms. The van der Waals surface area contributed by atoms with Crippen molar-refractivity contribution < 1.29 is 23.9 Å². The summed E-state index contributed by atoms with van der Waals surface area (Å²) in [7, 11) is 1.52. The van der Waals surface area contributed by atoms with Gasteiger partial charge < -0.3 is 14.8 Å². The second-order valence-electron chi connectivity index (χ2n) is 6.53. The monoisotopic (exact) mass is 470 g/mol. The molecule has 9 heteroatoms. The highest BCUT2D eigenvalue weighted by Gasteiger charge is 2.36. The molecule has 32 heavy (non-hydrogen) atoms. The van der Waals surface area contributed by atoms with Crippen LogP contribution in [0, 0.1) is 0 Å². The summed E-state index contributed by atoms with van der Waals surface area (Å²) in [4.78, 5) is 39.8. The van der Waals surface area contributed by atoms with E-state index in [2.05, 4.69) is 11.9 Å². The van der Waals surface area contributed by atoms with Gasteiger partial charge in [0.1, 0.15) is 13.2 Å². The number of ether oxygens (including phenoxy) is 2. The SMILES string of the molecule is C=CCOc1c(/C=C2\SC(=O)N(CC(=O)Nc3cccc(SC)c3)C2=O)cccc1OC. The lowest BCUT2D eigenvalue weighted by molar-refractivity contribution is -0.127. The molecule has 1 heterocycles. The summed E-state index contributed by atoms with van der Waals surface area (Å²) >= 11 is 2.32. The van der Waals surface area contributed by atoms with Gasteiger partial charge in [-0.1, -0.05) is 30.9 Å². The smallest absolute Gasteiger partial charge is 0.294 e. The number of methoxy groups -OCH3 is 1. The number of para-hydroxylation sites is 1. The third kappa shape index (κ3) is 5.54. The zero-order valence-electron chi connectivity index (χ0n) is 17.6. The number of nitrogens with zero attached hydrogens (tertiary/aromatic N) is 1. The first kappa shape index (κ1) is 23.5. The maximum atomic E-state index is 12.8. The van der Waals surface area contributed by atoms with E-state index in [9.17, 15) is 14.4 Å². The fourth-order valence-corrected chi connectivity index (χ4v) is 4.22. The predicted octanol–water partition coefficient (Wildman–Crippen LogP) is 4.66. The van der Waals surface area contributed by atoms with Gasteiger partial charge in [0.05, 0.1) is 12.0 Å². The van der Waals surface area contributed by atoms with Gasteiger partial charge in [-0.2, -0.15) is 0 Å². The molecule has 166 valence electrons. The highest BCUT2D eigenvalue weighted by molar-refractivity contribution is 8.18. The van der Waals surface area contributed by atoms with Gasteiger partial charge in [0.2, 0.25) is 5.91 Å². The largest absolute Gasteiger partial charge is 0.493 e. The first-order chi connectivity index (χ1) is 15.5. The number of carbonyl (C=O) groups excluding carboxylic acids is 3. The summed E-state index contributed by atoms with van der Waals surface area (Å²) in [6.07, 6.45) is 5.09. The summed E-state index contributed by atoms with van der Waals surface area (Å²) in [6.45, 7) is 3.51. The van der Waals surface area contributed by atoms with Crippen molar-refractivity contribution >= 4 is 52.3 Å². The highest BCUT2D eigenvalue weighted by Crippen LogP contribution is 2.37. The Hall–Kier alpha value is -3.17. The molecular weight excluding hydrogens is 448 g/mol. The van der Waals surface area contributed by atoms with Crippen molar-refractivity contribution in [3.05, 3.63) is 65.6 Å². The second kappa shape index (κ2) is 10.9. The molecule has 0 spiro atoms. The van der Waals surface area contributed by atoms with E-state index in [4.69, 9.17) is 9.47 Å². The lowest BCUT2D eigenvalue weighted by Crippen LogP contribution is -2.36. The quantitative estimate of drug-likeness (QED) is 0.324. The molecule has 0 atom stereocenters. The van der Waals surface area contributed by atoms with Gasteiger partial charge >= 0.3 is 0 Å². The van der Waals surface area contributed by atoms with Gasteiger partial charge in [-0.3, -0.25) is 19.3 Å². The van der Waals surface area contributed by atoms with Crippen molar-refractivity contribution in [3.8, 4) is 11.5 Å². The zero-order chi connectivity index (χ0) is 23.1. The Morgan fingerprint density at radius 3 is 2.75 bits per heavy atom. The van der Waals surface area contributed by atoms with Gasteiger partial charge in [0.25, 0.3) is 11.1 Å². The van der Waals surface area contributed by atoms with Crippen molar-refractivity contribution in [1.29, 1.82) is 0 Å². The minimum Gasteiger partial charge on any atom is -0.493 e. The minimum atomic E-state index is -0.537. The molecule has 0 radical (unpaired) electrons. The van der Waals surface area contributed by atoms with Crippen LogP contribution in [0.15, 0.2) is 64.9 Å². The van der Waals surface area contributed by atoms with Gasteiger partial charge in [0, 0.05) is 16.1 Å². The Morgan fingerprint density at radius 1 is 1.25 bits per heavy atom. The summed E-state index contributed by atoms with van der Waals surface area (Å²) in [5.41, 5.74) is 1.18. The van der Waals surface area contributed by atoms with E-state index < -0.39 is 17.1 Å². The maximum absolute atomic E-state index is 12.8. The van der Waals surface area contributed by atoms with Crippen LogP contribution >= 0.6 is 23.5 Å². The number of thioether (sulfide) groups is 2. The molecule has 1 fully saturated rings. The Kier molecular flexibility index (Phi) is 8.02. The Morgan fingerprint density at radius 2 is 2.03 bits per heavy atom. The standard InChI is InChI=1S/C23H22N2O5S2/c1-4-11-30-21-15(7-5-10-18(21)29-2)12-19-22(27)25(23(28)32-19)14-20(26)24-16-8-6-9-17(13-16)31-3/h4-10,12-13H,1,11,14H2,2-3H3,(H,24,26)/b19-12-. The summed E-state index contributed by atoms with van der Waals surface area (Å²) in [5, 5.41) is 2.21. The van der Waals surface area contributed by atoms with Crippen LogP contribution in [0.2, 0.25) is 0 Å². The number of amides is 3. The topological polar surface area (TPSA) is 84.9 Å². The van der Waals surface area contributed by atoms with Crippen LogP contribution in [-0.2, 0) is 9.59 Å². The molecule has 3 amide bonds. The van der Waals surface area contributed by atoms with E-state index in [0.29, 0.717) is 22.7 Å². The average molecular weight is 471 g/mol. The fourth-order valence-electron chi connectivity index (χ4n) is 2.93. The predicted molar refractivity (Wildman–Crippen MR) is 128 cm³/mol. The minimum absolute atomic E-state index is 0.198. The van der Waals surface area contributed by atoms with Crippen molar-refractivity contribution in [2.75, 3.05) is 31.8 Å². The first-order valence-electron chi connectivity index (χ1n) is 9.56. The highest BCUT2D eigenvalue weighted by atomic mass is 32.2. The normalized spacial score (nSPS) is 14.6. The van der Waals surface area contributed by atoms with Crippen molar-refractivity contribution in [2.24, 2.45) is 0 Å².